The lowest BCUT2D eigenvalue weighted by Crippen LogP contribution is -2.27. The maximum Gasteiger partial charge on any atom is 0.244 e. The summed E-state index contributed by atoms with van der Waals surface area (Å²) in [5.41, 5.74) is 3.90. The molecule has 3 rings (SSSR count). The Balaban J connectivity index is 1.78. The van der Waals surface area contributed by atoms with Crippen LogP contribution in [0, 0.1) is 13.8 Å². The van der Waals surface area contributed by atoms with Crippen LogP contribution in [0.15, 0.2) is 41.3 Å². The van der Waals surface area contributed by atoms with Gasteiger partial charge in [0.2, 0.25) is 10.0 Å². The number of nitrogens with one attached hydrogen (secondary N) is 1. The van der Waals surface area contributed by atoms with E-state index >= 15 is 0 Å². The summed E-state index contributed by atoms with van der Waals surface area (Å²) >= 11 is 0. The lowest BCUT2D eigenvalue weighted by molar-refractivity contribution is 0.386. The molecule has 0 radical (unpaired) electrons. The highest BCUT2D eigenvalue weighted by molar-refractivity contribution is 7.89. The standard InChI is InChI=1S/C23H32N4O3S/c1-17-15-21(30-5)22(16-18(17)2)31(28,29)24-12-11-23-25-19-9-6-7-10-20(19)27(23)14-8-13-26(3)4/h6-7,9-10,15-16,24H,8,11-14H2,1-5H3. The van der Waals surface area contributed by atoms with Crippen LogP contribution >= 0.6 is 0 Å². The second-order valence-corrected chi connectivity index (χ2v) is 9.80. The number of nitrogens with zero attached hydrogens (tertiary/aromatic N) is 3. The number of aromatic nitrogens is 2. The molecule has 7 nitrogen and oxygen atoms in total. The van der Waals surface area contributed by atoms with Gasteiger partial charge in [-0.1, -0.05) is 12.1 Å². The molecular formula is C23H32N4O3S. The van der Waals surface area contributed by atoms with E-state index in [-0.39, 0.29) is 11.4 Å². The largest absolute Gasteiger partial charge is 0.495 e. The highest BCUT2D eigenvalue weighted by Crippen LogP contribution is 2.27. The van der Waals surface area contributed by atoms with Gasteiger partial charge >= 0.3 is 0 Å². The van der Waals surface area contributed by atoms with Crippen molar-refractivity contribution in [1.82, 2.24) is 19.2 Å². The minimum Gasteiger partial charge on any atom is -0.495 e. The second kappa shape index (κ2) is 9.80. The fraction of sp³-hybridized carbons (Fsp3) is 0.435. The smallest absolute Gasteiger partial charge is 0.244 e. The number of rotatable bonds is 10. The zero-order chi connectivity index (χ0) is 22.6. The first-order chi connectivity index (χ1) is 14.7. The molecular weight excluding hydrogens is 412 g/mol. The predicted octanol–water partition coefficient (Wildman–Crippen LogP) is 3.13. The van der Waals surface area contributed by atoms with Crippen molar-refractivity contribution >= 4 is 21.1 Å². The molecule has 0 atom stereocenters. The Morgan fingerprint density at radius 1 is 1.13 bits per heavy atom. The van der Waals surface area contributed by atoms with Gasteiger partial charge in [0, 0.05) is 19.5 Å². The molecule has 0 saturated carbocycles. The minimum atomic E-state index is -3.70. The molecule has 168 valence electrons. The molecule has 0 spiro atoms. The molecule has 0 aliphatic rings. The van der Waals surface area contributed by atoms with Gasteiger partial charge < -0.3 is 14.2 Å². The molecule has 0 amide bonds. The third kappa shape index (κ3) is 5.44. The molecule has 2 aromatic carbocycles. The highest BCUT2D eigenvalue weighted by atomic mass is 32.2. The van der Waals surface area contributed by atoms with E-state index in [9.17, 15) is 8.42 Å². The zero-order valence-corrected chi connectivity index (χ0v) is 19.8. The number of aryl methyl sites for hydroxylation is 3. The number of methoxy groups -OCH3 is 1. The number of ether oxygens (including phenoxy) is 1. The molecule has 0 saturated heterocycles. The second-order valence-electron chi connectivity index (χ2n) is 8.06. The molecule has 31 heavy (non-hydrogen) atoms. The van der Waals surface area contributed by atoms with Crippen LogP contribution in [0.4, 0.5) is 0 Å². The monoisotopic (exact) mass is 444 g/mol. The zero-order valence-electron chi connectivity index (χ0n) is 19.0. The van der Waals surface area contributed by atoms with Crippen LogP contribution in [0.3, 0.4) is 0 Å². The van der Waals surface area contributed by atoms with Gasteiger partial charge in [-0.25, -0.2) is 18.1 Å². The van der Waals surface area contributed by atoms with Gasteiger partial charge in [0.15, 0.2) is 0 Å². The van der Waals surface area contributed by atoms with Gasteiger partial charge in [0.25, 0.3) is 0 Å². The number of hydrogen-bond acceptors (Lipinski definition) is 5. The SMILES string of the molecule is COc1cc(C)c(C)cc1S(=O)(=O)NCCc1nc2ccccc2n1CCCN(C)C. The third-order valence-corrected chi connectivity index (χ3v) is 6.91. The number of hydrogen-bond donors (Lipinski definition) is 1. The number of benzene rings is 2. The van der Waals surface area contributed by atoms with E-state index in [0.29, 0.717) is 12.2 Å². The summed E-state index contributed by atoms with van der Waals surface area (Å²) in [6.07, 6.45) is 1.49. The molecule has 0 unspecified atom stereocenters. The Morgan fingerprint density at radius 2 is 1.84 bits per heavy atom. The maximum absolute atomic E-state index is 12.9. The Kier molecular flexibility index (Phi) is 7.35. The van der Waals surface area contributed by atoms with E-state index in [1.165, 1.54) is 7.11 Å². The third-order valence-electron chi connectivity index (χ3n) is 5.43. The Hall–Kier alpha value is -2.42. The minimum absolute atomic E-state index is 0.164. The highest BCUT2D eigenvalue weighted by Gasteiger charge is 2.21. The van der Waals surface area contributed by atoms with Crippen molar-refractivity contribution in [2.45, 2.75) is 38.1 Å². The van der Waals surface area contributed by atoms with Crippen LogP contribution in [0.2, 0.25) is 0 Å². The summed E-state index contributed by atoms with van der Waals surface area (Å²) in [6.45, 7) is 5.90. The van der Waals surface area contributed by atoms with Gasteiger partial charge in [-0.05, 0) is 76.3 Å². The van der Waals surface area contributed by atoms with Crippen LogP contribution in [0.25, 0.3) is 11.0 Å². The molecule has 0 bridgehead atoms. The quantitative estimate of drug-likeness (QED) is 0.520. The first kappa shape index (κ1) is 23.2. The van der Waals surface area contributed by atoms with Gasteiger partial charge in [-0.15, -0.1) is 0 Å². The van der Waals surface area contributed by atoms with Crippen molar-refractivity contribution in [2.24, 2.45) is 0 Å². The molecule has 1 N–H and O–H groups in total. The number of sulfonamides is 1. The van der Waals surface area contributed by atoms with Gasteiger partial charge in [-0.3, -0.25) is 0 Å². The molecule has 1 heterocycles. The Bertz CT molecular complexity index is 1150. The van der Waals surface area contributed by atoms with E-state index < -0.39 is 10.0 Å². The average molecular weight is 445 g/mol. The van der Waals surface area contributed by atoms with Crippen molar-refractivity contribution in [3.05, 3.63) is 53.3 Å². The van der Waals surface area contributed by atoms with E-state index in [1.807, 2.05) is 32.0 Å². The Labute approximate surface area is 185 Å². The fourth-order valence-electron chi connectivity index (χ4n) is 3.62. The fourth-order valence-corrected chi connectivity index (χ4v) is 4.88. The number of imidazole rings is 1. The number of fused-ring (bicyclic) bond motifs is 1. The normalized spacial score (nSPS) is 12.1. The molecule has 3 aromatic rings. The molecule has 8 heteroatoms. The summed E-state index contributed by atoms with van der Waals surface area (Å²) in [7, 11) is 1.90. The molecule has 0 aliphatic heterocycles. The first-order valence-corrected chi connectivity index (χ1v) is 11.9. The van der Waals surface area contributed by atoms with Crippen LogP contribution in [0.5, 0.6) is 5.75 Å². The van der Waals surface area contributed by atoms with Gasteiger partial charge in [-0.2, -0.15) is 0 Å². The van der Waals surface area contributed by atoms with Crippen molar-refractivity contribution in [3.63, 3.8) is 0 Å². The van der Waals surface area contributed by atoms with Crippen molar-refractivity contribution in [3.8, 4) is 5.75 Å². The maximum atomic E-state index is 12.9. The molecule has 0 fully saturated rings. The predicted molar refractivity (Wildman–Crippen MR) is 124 cm³/mol. The van der Waals surface area contributed by atoms with Crippen LogP contribution in [-0.4, -0.2) is 57.2 Å². The number of para-hydroxylation sites is 2. The van der Waals surface area contributed by atoms with Crippen molar-refractivity contribution in [1.29, 1.82) is 0 Å². The van der Waals surface area contributed by atoms with Crippen molar-refractivity contribution in [2.75, 3.05) is 34.3 Å². The Morgan fingerprint density at radius 3 is 2.55 bits per heavy atom. The van der Waals surface area contributed by atoms with Gasteiger partial charge in [0.1, 0.15) is 16.5 Å². The van der Waals surface area contributed by atoms with Crippen LogP contribution < -0.4 is 9.46 Å². The van der Waals surface area contributed by atoms with E-state index in [4.69, 9.17) is 9.72 Å². The van der Waals surface area contributed by atoms with Crippen molar-refractivity contribution < 1.29 is 13.2 Å². The lowest BCUT2D eigenvalue weighted by atomic mass is 10.1. The summed E-state index contributed by atoms with van der Waals surface area (Å²) in [5.74, 6) is 1.24. The van der Waals surface area contributed by atoms with Crippen LogP contribution in [0.1, 0.15) is 23.4 Å². The summed E-state index contributed by atoms with van der Waals surface area (Å²) in [5, 5.41) is 0. The average Bonchev–Trinajstić information content (AvgIpc) is 3.06. The first-order valence-electron chi connectivity index (χ1n) is 10.5. The van der Waals surface area contributed by atoms with E-state index in [1.54, 1.807) is 12.1 Å². The van der Waals surface area contributed by atoms with E-state index in [2.05, 4.69) is 34.4 Å². The summed E-state index contributed by atoms with van der Waals surface area (Å²) in [4.78, 5) is 7.07. The van der Waals surface area contributed by atoms with Crippen LogP contribution in [-0.2, 0) is 23.0 Å². The lowest BCUT2D eigenvalue weighted by Gasteiger charge is -2.14. The molecule has 0 aliphatic carbocycles. The molecule has 1 aromatic heterocycles. The summed E-state index contributed by atoms with van der Waals surface area (Å²) in [6, 6.07) is 11.4. The topological polar surface area (TPSA) is 76.5 Å². The van der Waals surface area contributed by atoms with E-state index in [0.717, 1.165) is 47.5 Å². The summed E-state index contributed by atoms with van der Waals surface area (Å²) < 4.78 is 36.1. The van der Waals surface area contributed by atoms with Gasteiger partial charge in [0.05, 0.1) is 18.1 Å².